The van der Waals surface area contributed by atoms with Crippen LogP contribution in [-0.2, 0) is 5.60 Å². The fourth-order valence-electron chi connectivity index (χ4n) is 2.58. The number of aromatic nitrogens is 3. The number of nitrogens with zero attached hydrogens (tertiary/aromatic N) is 4. The number of likely N-dealkylation sites (tertiary alicyclic amines) is 1. The van der Waals surface area contributed by atoms with Gasteiger partial charge in [-0.3, -0.25) is 14.8 Å². The quantitative estimate of drug-likeness (QED) is 0.890. The van der Waals surface area contributed by atoms with Gasteiger partial charge < -0.3 is 10.0 Å². The van der Waals surface area contributed by atoms with Crippen molar-refractivity contribution in [2.75, 3.05) is 13.1 Å². The molecule has 0 atom stereocenters. The van der Waals surface area contributed by atoms with Crippen molar-refractivity contribution in [1.82, 2.24) is 19.9 Å². The maximum atomic E-state index is 12.3. The second-order valence-corrected chi connectivity index (χ2v) is 5.16. The Bertz CT molecular complexity index is 610. The Balaban J connectivity index is 1.69. The standard InChI is InChI=1S/C15H16N4O2/c20-14(13-11-17-6-7-18-13)19-8-3-15(21,4-9-19)12-2-1-5-16-10-12/h1-2,5-7,10-11,21H,3-4,8-9H2. The molecule has 1 aliphatic rings. The molecule has 1 aliphatic heterocycles. The minimum atomic E-state index is -0.909. The summed E-state index contributed by atoms with van der Waals surface area (Å²) in [5, 5.41) is 10.7. The van der Waals surface area contributed by atoms with Gasteiger partial charge in [0.2, 0.25) is 0 Å². The number of amides is 1. The highest BCUT2D eigenvalue weighted by atomic mass is 16.3. The lowest BCUT2D eigenvalue weighted by Gasteiger charge is -2.38. The molecule has 3 rings (SSSR count). The van der Waals surface area contributed by atoms with Crippen molar-refractivity contribution in [2.24, 2.45) is 0 Å². The predicted molar refractivity (Wildman–Crippen MR) is 75.3 cm³/mol. The average molecular weight is 284 g/mol. The lowest BCUT2D eigenvalue weighted by Crippen LogP contribution is -2.45. The molecule has 6 heteroatoms. The van der Waals surface area contributed by atoms with Crippen molar-refractivity contribution in [1.29, 1.82) is 0 Å². The monoisotopic (exact) mass is 284 g/mol. The first-order valence-corrected chi connectivity index (χ1v) is 6.87. The number of carbonyl (C=O) groups is 1. The minimum Gasteiger partial charge on any atom is -0.385 e. The summed E-state index contributed by atoms with van der Waals surface area (Å²) in [6.07, 6.45) is 8.84. The number of piperidine rings is 1. The number of aliphatic hydroxyl groups is 1. The second kappa shape index (κ2) is 5.57. The highest BCUT2D eigenvalue weighted by Gasteiger charge is 2.36. The molecule has 0 unspecified atom stereocenters. The topological polar surface area (TPSA) is 79.2 Å². The van der Waals surface area contributed by atoms with E-state index in [9.17, 15) is 9.90 Å². The maximum absolute atomic E-state index is 12.3. The lowest BCUT2D eigenvalue weighted by atomic mass is 9.85. The van der Waals surface area contributed by atoms with Crippen molar-refractivity contribution in [3.05, 3.63) is 54.4 Å². The first kappa shape index (κ1) is 13.6. The van der Waals surface area contributed by atoms with E-state index >= 15 is 0 Å². The van der Waals surface area contributed by atoms with Crippen LogP contribution in [0.3, 0.4) is 0 Å². The summed E-state index contributed by atoms with van der Waals surface area (Å²) in [6, 6.07) is 3.68. The van der Waals surface area contributed by atoms with E-state index in [4.69, 9.17) is 0 Å². The first-order chi connectivity index (χ1) is 10.2. The zero-order chi connectivity index (χ0) is 14.7. The number of rotatable bonds is 2. The zero-order valence-corrected chi connectivity index (χ0v) is 11.5. The van der Waals surface area contributed by atoms with Gasteiger partial charge in [0, 0.05) is 43.4 Å². The Hall–Kier alpha value is -2.34. The van der Waals surface area contributed by atoms with Gasteiger partial charge in [-0.15, -0.1) is 0 Å². The van der Waals surface area contributed by atoms with Gasteiger partial charge in [-0.25, -0.2) is 4.98 Å². The Morgan fingerprint density at radius 2 is 1.90 bits per heavy atom. The van der Waals surface area contributed by atoms with Gasteiger partial charge in [-0.05, 0) is 18.9 Å². The van der Waals surface area contributed by atoms with Crippen molar-refractivity contribution < 1.29 is 9.90 Å². The average Bonchev–Trinajstić information content (AvgIpc) is 2.57. The Morgan fingerprint density at radius 3 is 2.52 bits per heavy atom. The lowest BCUT2D eigenvalue weighted by molar-refractivity contribution is -0.0215. The third-order valence-corrected chi connectivity index (χ3v) is 3.86. The van der Waals surface area contributed by atoms with Gasteiger partial charge in [-0.1, -0.05) is 6.07 Å². The van der Waals surface area contributed by atoms with Crippen LogP contribution in [0.15, 0.2) is 43.1 Å². The van der Waals surface area contributed by atoms with Crippen LogP contribution < -0.4 is 0 Å². The number of hydrogen-bond donors (Lipinski definition) is 1. The van der Waals surface area contributed by atoms with Crippen LogP contribution in [0, 0.1) is 0 Å². The predicted octanol–water partition coefficient (Wildman–Crippen LogP) is 0.995. The number of pyridine rings is 1. The highest BCUT2D eigenvalue weighted by Crippen LogP contribution is 2.32. The second-order valence-electron chi connectivity index (χ2n) is 5.16. The molecule has 1 amide bonds. The van der Waals surface area contributed by atoms with Crippen LogP contribution in [0.25, 0.3) is 0 Å². The summed E-state index contributed by atoms with van der Waals surface area (Å²) < 4.78 is 0. The fraction of sp³-hybridized carbons (Fsp3) is 0.333. The van der Waals surface area contributed by atoms with Gasteiger partial charge in [0.1, 0.15) is 5.69 Å². The Morgan fingerprint density at radius 1 is 1.14 bits per heavy atom. The van der Waals surface area contributed by atoms with E-state index in [2.05, 4.69) is 15.0 Å². The summed E-state index contributed by atoms with van der Waals surface area (Å²) >= 11 is 0. The molecule has 21 heavy (non-hydrogen) atoms. The number of carbonyl (C=O) groups excluding carboxylic acids is 1. The smallest absolute Gasteiger partial charge is 0.274 e. The molecule has 3 heterocycles. The molecular formula is C15H16N4O2. The van der Waals surface area contributed by atoms with Crippen molar-refractivity contribution in [3.8, 4) is 0 Å². The van der Waals surface area contributed by atoms with Gasteiger partial charge in [0.25, 0.3) is 5.91 Å². The van der Waals surface area contributed by atoms with Crippen LogP contribution in [0.5, 0.6) is 0 Å². The molecule has 1 N–H and O–H groups in total. The minimum absolute atomic E-state index is 0.142. The Labute approximate surface area is 122 Å². The van der Waals surface area contributed by atoms with Gasteiger partial charge >= 0.3 is 0 Å². The van der Waals surface area contributed by atoms with Crippen molar-refractivity contribution in [2.45, 2.75) is 18.4 Å². The summed E-state index contributed by atoms with van der Waals surface area (Å²) in [4.78, 5) is 26.0. The molecule has 0 aliphatic carbocycles. The van der Waals surface area contributed by atoms with Crippen LogP contribution in [0.1, 0.15) is 28.9 Å². The molecular weight excluding hydrogens is 268 g/mol. The van der Waals surface area contributed by atoms with Crippen LogP contribution in [-0.4, -0.2) is 44.0 Å². The largest absolute Gasteiger partial charge is 0.385 e. The molecule has 1 fully saturated rings. The molecule has 0 saturated carbocycles. The Kier molecular flexibility index (Phi) is 3.62. The van der Waals surface area contributed by atoms with Crippen LogP contribution >= 0.6 is 0 Å². The molecule has 0 aromatic carbocycles. The fourth-order valence-corrected chi connectivity index (χ4v) is 2.58. The molecule has 2 aromatic rings. The van der Waals surface area contributed by atoms with E-state index in [0.717, 1.165) is 5.56 Å². The van der Waals surface area contributed by atoms with E-state index in [1.807, 2.05) is 12.1 Å². The molecule has 1 saturated heterocycles. The van der Waals surface area contributed by atoms with E-state index in [1.54, 1.807) is 17.3 Å². The van der Waals surface area contributed by atoms with Gasteiger partial charge in [0.15, 0.2) is 0 Å². The van der Waals surface area contributed by atoms with Crippen molar-refractivity contribution in [3.63, 3.8) is 0 Å². The van der Waals surface area contributed by atoms with E-state index in [1.165, 1.54) is 18.6 Å². The normalized spacial score (nSPS) is 17.5. The van der Waals surface area contributed by atoms with Crippen LogP contribution in [0.4, 0.5) is 0 Å². The SMILES string of the molecule is O=C(c1cnccn1)N1CCC(O)(c2cccnc2)CC1. The van der Waals surface area contributed by atoms with Crippen LogP contribution in [0.2, 0.25) is 0 Å². The summed E-state index contributed by atoms with van der Waals surface area (Å²) in [5.74, 6) is -0.142. The third-order valence-electron chi connectivity index (χ3n) is 3.86. The molecule has 0 spiro atoms. The van der Waals surface area contributed by atoms with E-state index < -0.39 is 5.60 Å². The van der Waals surface area contributed by atoms with Crippen molar-refractivity contribution >= 4 is 5.91 Å². The van der Waals surface area contributed by atoms with Gasteiger partial charge in [-0.2, -0.15) is 0 Å². The summed E-state index contributed by atoms with van der Waals surface area (Å²) in [6.45, 7) is 0.974. The number of hydrogen-bond acceptors (Lipinski definition) is 5. The molecule has 2 aromatic heterocycles. The molecule has 0 bridgehead atoms. The van der Waals surface area contributed by atoms with E-state index in [0.29, 0.717) is 31.6 Å². The zero-order valence-electron chi connectivity index (χ0n) is 11.5. The summed E-state index contributed by atoms with van der Waals surface area (Å²) in [7, 11) is 0. The molecule has 6 nitrogen and oxygen atoms in total. The maximum Gasteiger partial charge on any atom is 0.274 e. The summed E-state index contributed by atoms with van der Waals surface area (Å²) in [5.41, 5.74) is 0.230. The third kappa shape index (κ3) is 2.75. The first-order valence-electron chi connectivity index (χ1n) is 6.87. The molecule has 0 radical (unpaired) electrons. The molecule has 108 valence electrons. The van der Waals surface area contributed by atoms with E-state index in [-0.39, 0.29) is 5.91 Å². The highest BCUT2D eigenvalue weighted by molar-refractivity contribution is 5.92. The van der Waals surface area contributed by atoms with Gasteiger partial charge in [0.05, 0.1) is 11.8 Å².